The number of nitrogens with one attached hydrogen (secondary N) is 1. The Morgan fingerprint density at radius 1 is 1.04 bits per heavy atom. The minimum absolute atomic E-state index is 0.125. The summed E-state index contributed by atoms with van der Waals surface area (Å²) in [6, 6.07) is 9.76. The Hall–Kier alpha value is -1.35. The van der Waals surface area contributed by atoms with Crippen molar-refractivity contribution in [1.29, 1.82) is 0 Å². The number of hydrogen-bond donors (Lipinski definition) is 1. The van der Waals surface area contributed by atoms with Gasteiger partial charge in [0.05, 0.1) is 28.9 Å². The molecule has 0 amide bonds. The molecule has 0 bridgehead atoms. The van der Waals surface area contributed by atoms with Gasteiger partial charge in [-0.25, -0.2) is 0 Å². The number of hydrogen-bond acceptors (Lipinski definition) is 2. The second-order valence-corrected chi connectivity index (χ2v) is 7.41. The van der Waals surface area contributed by atoms with Crippen molar-refractivity contribution in [2.24, 2.45) is 5.92 Å². The van der Waals surface area contributed by atoms with Crippen LogP contribution in [0.15, 0.2) is 42.5 Å². The molecule has 24 heavy (non-hydrogen) atoms. The summed E-state index contributed by atoms with van der Waals surface area (Å²) < 4.78 is 5.55. The van der Waals surface area contributed by atoms with Crippen LogP contribution in [0.3, 0.4) is 0 Å². The molecule has 2 aromatic rings. The van der Waals surface area contributed by atoms with E-state index in [0.29, 0.717) is 16.0 Å². The zero-order valence-corrected chi connectivity index (χ0v) is 15.3. The largest absolute Gasteiger partial charge is 0.495 e. The van der Waals surface area contributed by atoms with Crippen LogP contribution in [0.25, 0.3) is 0 Å². The molecule has 1 heterocycles. The standard InChI is InChI=1S/C19H16Cl3NO/c1-24-16-8-7-14(21)17-11-3-2-4-12(11)18(23-19(16)17)10-5-6-13(20)15(22)9-10/h2-3,5-9,11-12,18,23H,4H2,1H3/t11-,12+,18+/m1/s1. The summed E-state index contributed by atoms with van der Waals surface area (Å²) in [5.74, 6) is 1.46. The highest BCUT2D eigenvalue weighted by Gasteiger charge is 2.40. The minimum atomic E-state index is 0.125. The molecule has 0 unspecified atom stereocenters. The van der Waals surface area contributed by atoms with Gasteiger partial charge in [-0.2, -0.15) is 0 Å². The van der Waals surface area contributed by atoms with Crippen LogP contribution >= 0.6 is 34.8 Å². The molecule has 0 saturated carbocycles. The Bertz CT molecular complexity index is 834. The van der Waals surface area contributed by atoms with E-state index in [1.165, 1.54) is 0 Å². The molecular formula is C19H16Cl3NO. The summed E-state index contributed by atoms with van der Waals surface area (Å²) in [6.07, 6.45) is 5.47. The monoisotopic (exact) mass is 379 g/mol. The first kappa shape index (κ1) is 16.1. The highest BCUT2D eigenvalue weighted by atomic mass is 35.5. The first-order valence-corrected chi connectivity index (χ1v) is 8.98. The van der Waals surface area contributed by atoms with E-state index >= 15 is 0 Å². The average Bonchev–Trinajstić information content (AvgIpc) is 3.06. The highest BCUT2D eigenvalue weighted by molar-refractivity contribution is 6.42. The van der Waals surface area contributed by atoms with Crippen LogP contribution < -0.4 is 10.1 Å². The third kappa shape index (κ3) is 2.48. The predicted molar refractivity (Wildman–Crippen MR) is 101 cm³/mol. The van der Waals surface area contributed by atoms with Gasteiger partial charge >= 0.3 is 0 Å². The number of methoxy groups -OCH3 is 1. The van der Waals surface area contributed by atoms with E-state index in [1.807, 2.05) is 30.3 Å². The lowest BCUT2D eigenvalue weighted by molar-refractivity contribution is 0.397. The number of benzene rings is 2. The van der Waals surface area contributed by atoms with Gasteiger partial charge in [0, 0.05) is 16.5 Å². The van der Waals surface area contributed by atoms with E-state index in [-0.39, 0.29) is 12.0 Å². The van der Waals surface area contributed by atoms with Crippen LogP contribution in [0.2, 0.25) is 15.1 Å². The van der Waals surface area contributed by atoms with Gasteiger partial charge in [0.15, 0.2) is 0 Å². The quantitative estimate of drug-likeness (QED) is 0.602. The molecule has 0 spiro atoms. The van der Waals surface area contributed by atoms with Crippen molar-refractivity contribution in [3.63, 3.8) is 0 Å². The van der Waals surface area contributed by atoms with Gasteiger partial charge in [-0.1, -0.05) is 53.0 Å². The third-order valence-corrected chi connectivity index (χ3v) is 6.02. The van der Waals surface area contributed by atoms with Gasteiger partial charge in [-0.05, 0) is 42.2 Å². The van der Waals surface area contributed by atoms with Crippen LogP contribution in [0.4, 0.5) is 5.69 Å². The maximum atomic E-state index is 6.51. The molecule has 1 aliphatic heterocycles. The molecule has 1 N–H and O–H groups in total. The lowest BCUT2D eigenvalue weighted by Gasteiger charge is -2.38. The van der Waals surface area contributed by atoms with Gasteiger partial charge < -0.3 is 10.1 Å². The Morgan fingerprint density at radius 3 is 2.58 bits per heavy atom. The topological polar surface area (TPSA) is 21.3 Å². The fourth-order valence-electron chi connectivity index (χ4n) is 3.84. The van der Waals surface area contributed by atoms with Crippen molar-refractivity contribution in [2.75, 3.05) is 12.4 Å². The van der Waals surface area contributed by atoms with E-state index in [0.717, 1.165) is 34.0 Å². The zero-order valence-electron chi connectivity index (χ0n) is 13.0. The van der Waals surface area contributed by atoms with Gasteiger partial charge in [-0.3, -0.25) is 0 Å². The summed E-state index contributed by atoms with van der Waals surface area (Å²) in [7, 11) is 1.68. The molecule has 0 fully saturated rings. The normalized spacial score (nSPS) is 24.2. The molecule has 3 atom stereocenters. The summed E-state index contributed by atoms with van der Waals surface area (Å²) in [4.78, 5) is 0. The van der Waals surface area contributed by atoms with E-state index in [1.54, 1.807) is 7.11 Å². The molecule has 0 radical (unpaired) electrons. The van der Waals surface area contributed by atoms with Crippen molar-refractivity contribution in [2.45, 2.75) is 18.4 Å². The minimum Gasteiger partial charge on any atom is -0.495 e. The lowest BCUT2D eigenvalue weighted by Crippen LogP contribution is -2.29. The average molecular weight is 381 g/mol. The Labute approximate surface area is 156 Å². The van der Waals surface area contributed by atoms with Gasteiger partial charge in [0.25, 0.3) is 0 Å². The second kappa shape index (κ2) is 6.18. The third-order valence-electron chi connectivity index (χ3n) is 4.95. The number of fused-ring (bicyclic) bond motifs is 3. The molecule has 4 rings (SSSR count). The van der Waals surface area contributed by atoms with Crippen LogP contribution in [0.5, 0.6) is 5.75 Å². The molecule has 1 aliphatic carbocycles. The van der Waals surface area contributed by atoms with Crippen molar-refractivity contribution in [3.8, 4) is 5.75 Å². The van der Waals surface area contributed by atoms with E-state index in [4.69, 9.17) is 39.5 Å². The molecule has 124 valence electrons. The van der Waals surface area contributed by atoms with Crippen molar-refractivity contribution in [1.82, 2.24) is 0 Å². The van der Waals surface area contributed by atoms with Crippen molar-refractivity contribution in [3.05, 3.63) is 68.7 Å². The number of ether oxygens (including phenoxy) is 1. The number of rotatable bonds is 2. The second-order valence-electron chi connectivity index (χ2n) is 6.19. The SMILES string of the molecule is COc1ccc(Cl)c2c1N[C@@H](c1ccc(Cl)c(Cl)c1)[C@H]1CC=C[C@@H]21. The van der Waals surface area contributed by atoms with E-state index in [2.05, 4.69) is 17.5 Å². The summed E-state index contributed by atoms with van der Waals surface area (Å²) >= 11 is 18.8. The van der Waals surface area contributed by atoms with Crippen LogP contribution in [0, 0.1) is 5.92 Å². The van der Waals surface area contributed by atoms with E-state index < -0.39 is 0 Å². The summed E-state index contributed by atoms with van der Waals surface area (Å²) in [6.45, 7) is 0. The zero-order chi connectivity index (χ0) is 16.8. The first-order valence-electron chi connectivity index (χ1n) is 7.84. The molecule has 5 heteroatoms. The maximum absolute atomic E-state index is 6.51. The molecular weight excluding hydrogens is 365 g/mol. The van der Waals surface area contributed by atoms with Crippen LogP contribution in [-0.4, -0.2) is 7.11 Å². The molecule has 2 aliphatic rings. The smallest absolute Gasteiger partial charge is 0.142 e. The van der Waals surface area contributed by atoms with Crippen LogP contribution in [-0.2, 0) is 0 Å². The molecule has 2 aromatic carbocycles. The van der Waals surface area contributed by atoms with Gasteiger partial charge in [0.1, 0.15) is 5.75 Å². The van der Waals surface area contributed by atoms with Gasteiger partial charge in [0.2, 0.25) is 0 Å². The van der Waals surface area contributed by atoms with Crippen molar-refractivity contribution < 1.29 is 4.74 Å². The lowest BCUT2D eigenvalue weighted by atomic mass is 9.77. The molecule has 0 aromatic heterocycles. The fraction of sp³-hybridized carbons (Fsp3) is 0.263. The van der Waals surface area contributed by atoms with Gasteiger partial charge in [-0.15, -0.1) is 0 Å². The fourth-order valence-corrected chi connectivity index (χ4v) is 4.43. The summed E-state index contributed by atoms with van der Waals surface area (Å²) in [5.41, 5.74) is 3.20. The van der Waals surface area contributed by atoms with E-state index in [9.17, 15) is 0 Å². The highest BCUT2D eigenvalue weighted by Crippen LogP contribution is 2.54. The molecule has 2 nitrogen and oxygen atoms in total. The first-order chi connectivity index (χ1) is 11.6. The Morgan fingerprint density at radius 2 is 1.83 bits per heavy atom. The number of halogens is 3. The predicted octanol–water partition coefficient (Wildman–Crippen LogP) is 6.48. The Balaban J connectivity index is 1.85. The molecule has 0 saturated heterocycles. The number of allylic oxidation sites excluding steroid dienone is 2. The van der Waals surface area contributed by atoms with Crippen molar-refractivity contribution >= 4 is 40.5 Å². The Kier molecular flexibility index (Phi) is 4.16. The summed E-state index contributed by atoms with van der Waals surface area (Å²) in [5, 5.41) is 5.55. The van der Waals surface area contributed by atoms with Crippen LogP contribution in [0.1, 0.15) is 29.5 Å². The number of anilines is 1. The maximum Gasteiger partial charge on any atom is 0.142 e.